The Morgan fingerprint density at radius 2 is 2.30 bits per heavy atom. The number of fused-ring (bicyclic) bond motifs is 1. The molecule has 1 aliphatic heterocycles. The molecule has 2 aliphatic rings. The van der Waals surface area contributed by atoms with Gasteiger partial charge in [-0.15, -0.1) is 11.6 Å². The Hall–Kier alpha value is -1.72. The van der Waals surface area contributed by atoms with Crippen LogP contribution in [0.1, 0.15) is 6.92 Å². The summed E-state index contributed by atoms with van der Waals surface area (Å²) in [4.78, 5) is 27.0. The molecule has 0 aromatic heterocycles. The number of nitrogens with one attached hydrogen (secondary N) is 1. The molecule has 1 heterocycles. The smallest absolute Gasteiger partial charge is 0.263 e. The molecule has 106 valence electrons. The maximum atomic E-state index is 11.6. The third-order valence-electron chi connectivity index (χ3n) is 2.97. The molecule has 0 aromatic carbocycles. The Balaban J connectivity index is 2.26. The van der Waals surface area contributed by atoms with Gasteiger partial charge in [-0.05, 0) is 24.6 Å². The zero-order valence-electron chi connectivity index (χ0n) is 11.2. The maximum absolute atomic E-state index is 11.6. The van der Waals surface area contributed by atoms with Gasteiger partial charge in [-0.3, -0.25) is 9.59 Å². The fraction of sp³-hybridized carbons (Fsp3) is 0.357. The molecule has 0 bridgehead atoms. The highest BCUT2D eigenvalue weighted by Crippen LogP contribution is 2.27. The van der Waals surface area contributed by atoms with Crippen LogP contribution in [0.15, 0.2) is 40.6 Å². The Morgan fingerprint density at radius 1 is 1.55 bits per heavy atom. The fourth-order valence-electron chi connectivity index (χ4n) is 2.05. The molecule has 5 nitrogen and oxygen atoms in total. The second-order valence-electron chi connectivity index (χ2n) is 4.57. The normalized spacial score (nSPS) is 24.6. The molecule has 2 amide bonds. The lowest BCUT2D eigenvalue weighted by atomic mass is 9.88. The van der Waals surface area contributed by atoms with E-state index >= 15 is 0 Å². The molecule has 1 N–H and O–H groups in total. The van der Waals surface area contributed by atoms with Crippen LogP contribution in [0, 0.1) is 5.92 Å². The van der Waals surface area contributed by atoms with Crippen LogP contribution in [0.2, 0.25) is 0 Å². The van der Waals surface area contributed by atoms with Crippen molar-refractivity contribution in [2.24, 2.45) is 10.9 Å². The number of hydrogen-bond donors (Lipinski definition) is 1. The second kappa shape index (κ2) is 6.15. The number of alkyl halides is 1. The monoisotopic (exact) mass is 294 g/mol. The first-order chi connectivity index (χ1) is 9.51. The van der Waals surface area contributed by atoms with Crippen LogP contribution >= 0.6 is 11.6 Å². The van der Waals surface area contributed by atoms with Crippen LogP contribution in [-0.4, -0.2) is 36.6 Å². The number of allylic oxidation sites excluding steroid dienone is 3. The number of rotatable bonds is 3. The summed E-state index contributed by atoms with van der Waals surface area (Å²) in [7, 11) is 1.58. The number of carbonyl (C=O) groups excluding carboxylic acids is 2. The van der Waals surface area contributed by atoms with Gasteiger partial charge in [-0.2, -0.15) is 0 Å². The summed E-state index contributed by atoms with van der Waals surface area (Å²) in [5.41, 5.74) is 2.04. The number of aliphatic imine (C=N–C) groups is 1. The van der Waals surface area contributed by atoms with Crippen LogP contribution in [0.4, 0.5) is 0 Å². The molecule has 6 heteroatoms. The third-order valence-corrected chi connectivity index (χ3v) is 3.16. The van der Waals surface area contributed by atoms with E-state index in [-0.39, 0.29) is 11.8 Å². The van der Waals surface area contributed by atoms with Gasteiger partial charge in [0.05, 0.1) is 12.3 Å². The van der Waals surface area contributed by atoms with E-state index in [0.717, 1.165) is 5.57 Å². The van der Waals surface area contributed by atoms with Gasteiger partial charge >= 0.3 is 0 Å². The minimum atomic E-state index is -0.670. The second-order valence-corrected chi connectivity index (χ2v) is 5.22. The van der Waals surface area contributed by atoms with Crippen LogP contribution in [0.25, 0.3) is 0 Å². The van der Waals surface area contributed by atoms with Crippen molar-refractivity contribution in [3.8, 4) is 0 Å². The van der Waals surface area contributed by atoms with E-state index in [9.17, 15) is 9.59 Å². The molecule has 0 aromatic rings. The Bertz CT molecular complexity index is 559. The summed E-state index contributed by atoms with van der Waals surface area (Å²) in [5.74, 6) is -0.655. The summed E-state index contributed by atoms with van der Waals surface area (Å²) >= 11 is 5.68. The van der Waals surface area contributed by atoms with Gasteiger partial charge in [0.1, 0.15) is 5.38 Å². The predicted octanol–water partition coefficient (Wildman–Crippen LogP) is 1.35. The summed E-state index contributed by atoms with van der Waals surface area (Å²) in [5, 5.41) is 2.08. The topological polar surface area (TPSA) is 67.8 Å². The van der Waals surface area contributed by atoms with E-state index in [1.54, 1.807) is 26.2 Å². The molecular weight excluding hydrogens is 280 g/mol. The van der Waals surface area contributed by atoms with Crippen molar-refractivity contribution in [2.75, 3.05) is 13.7 Å². The highest BCUT2D eigenvalue weighted by molar-refractivity contribution is 6.31. The fourth-order valence-corrected chi connectivity index (χ4v) is 2.10. The lowest BCUT2D eigenvalue weighted by Gasteiger charge is -2.27. The van der Waals surface area contributed by atoms with Crippen molar-refractivity contribution in [3.05, 3.63) is 35.6 Å². The molecule has 20 heavy (non-hydrogen) atoms. The van der Waals surface area contributed by atoms with Gasteiger partial charge in [0.15, 0.2) is 0 Å². The van der Waals surface area contributed by atoms with Gasteiger partial charge in [-0.1, -0.05) is 6.08 Å². The van der Waals surface area contributed by atoms with Crippen LogP contribution in [0.5, 0.6) is 0 Å². The minimum absolute atomic E-state index is 0.0462. The van der Waals surface area contributed by atoms with Gasteiger partial charge in [0.25, 0.3) is 5.91 Å². The molecule has 2 unspecified atom stereocenters. The predicted molar refractivity (Wildman–Crippen MR) is 76.6 cm³/mol. The van der Waals surface area contributed by atoms with Gasteiger partial charge < -0.3 is 10.1 Å². The Labute approximate surface area is 122 Å². The lowest BCUT2D eigenvalue weighted by Crippen LogP contribution is -2.34. The number of ether oxygens (including phenoxy) is 1. The largest absolute Gasteiger partial charge is 0.380 e. The first-order valence-corrected chi connectivity index (χ1v) is 6.61. The molecule has 2 atom stereocenters. The average Bonchev–Trinajstić information content (AvgIpc) is 2.38. The number of halogens is 1. The molecule has 2 rings (SSSR count). The number of methoxy groups -OCH3 is 1. The van der Waals surface area contributed by atoms with E-state index in [4.69, 9.17) is 16.3 Å². The molecular formula is C14H15ClN2O3. The third kappa shape index (κ3) is 3.23. The molecule has 0 spiro atoms. The van der Waals surface area contributed by atoms with Crippen LogP contribution < -0.4 is 5.32 Å². The maximum Gasteiger partial charge on any atom is 0.263 e. The Kier molecular flexibility index (Phi) is 4.52. The summed E-state index contributed by atoms with van der Waals surface area (Å²) in [6.45, 7) is 1.95. The van der Waals surface area contributed by atoms with Crippen molar-refractivity contribution in [3.63, 3.8) is 0 Å². The van der Waals surface area contributed by atoms with E-state index < -0.39 is 11.3 Å². The standard InChI is InChI=1S/C14H15ClN2O3/c1-8(15)14(19)16-10-3-4-11-9(7-20-2)5-13(18)17-12(11)6-10/h3-6,8,11H,7H2,1-2H3,(H,17,18). The van der Waals surface area contributed by atoms with Crippen molar-refractivity contribution >= 4 is 29.1 Å². The molecule has 0 radical (unpaired) electrons. The van der Waals surface area contributed by atoms with E-state index in [2.05, 4.69) is 10.3 Å². The summed E-state index contributed by atoms with van der Waals surface area (Å²) in [6.07, 6.45) is 6.84. The zero-order chi connectivity index (χ0) is 14.7. The Morgan fingerprint density at radius 3 is 2.95 bits per heavy atom. The number of nitrogens with zero attached hydrogens (tertiary/aromatic N) is 1. The van der Waals surface area contributed by atoms with Gasteiger partial charge in [-0.25, -0.2) is 4.99 Å². The highest BCUT2D eigenvalue weighted by atomic mass is 35.5. The van der Waals surface area contributed by atoms with Crippen molar-refractivity contribution < 1.29 is 14.3 Å². The van der Waals surface area contributed by atoms with E-state index in [1.165, 1.54) is 6.08 Å². The average molecular weight is 295 g/mol. The number of amides is 2. The molecule has 0 saturated carbocycles. The number of carbonyl (C=O) groups is 2. The number of hydrogen-bond acceptors (Lipinski definition) is 3. The quantitative estimate of drug-likeness (QED) is 0.799. The van der Waals surface area contributed by atoms with Crippen LogP contribution in [0.3, 0.4) is 0 Å². The molecule has 0 fully saturated rings. The lowest BCUT2D eigenvalue weighted by molar-refractivity contribution is -0.117. The van der Waals surface area contributed by atoms with E-state index in [1.807, 2.05) is 6.08 Å². The van der Waals surface area contributed by atoms with Crippen molar-refractivity contribution in [1.82, 2.24) is 5.32 Å². The van der Waals surface area contributed by atoms with E-state index in [0.29, 0.717) is 18.0 Å². The van der Waals surface area contributed by atoms with Crippen molar-refractivity contribution in [2.45, 2.75) is 12.3 Å². The zero-order valence-corrected chi connectivity index (χ0v) is 12.0. The van der Waals surface area contributed by atoms with Crippen LogP contribution in [-0.2, 0) is 14.3 Å². The van der Waals surface area contributed by atoms with Gasteiger partial charge in [0, 0.05) is 24.8 Å². The first kappa shape index (κ1) is 14.7. The molecule has 1 aliphatic carbocycles. The molecule has 0 saturated heterocycles. The summed E-state index contributed by atoms with van der Waals surface area (Å²) in [6, 6.07) is 0. The minimum Gasteiger partial charge on any atom is -0.380 e. The summed E-state index contributed by atoms with van der Waals surface area (Å²) < 4.78 is 5.09. The first-order valence-electron chi connectivity index (χ1n) is 6.18. The van der Waals surface area contributed by atoms with Crippen molar-refractivity contribution in [1.29, 1.82) is 0 Å². The van der Waals surface area contributed by atoms with Gasteiger partial charge in [0.2, 0.25) is 5.91 Å². The highest BCUT2D eigenvalue weighted by Gasteiger charge is 2.26. The SMILES string of the molecule is COCC1=CC(=O)NC2=CC(=NC(=O)C(C)Cl)C=CC12.